The third kappa shape index (κ3) is 6.60. The van der Waals surface area contributed by atoms with Crippen molar-refractivity contribution in [1.82, 2.24) is 0 Å². The second kappa shape index (κ2) is 11.5. The average molecular weight is 484 g/mol. The van der Waals surface area contributed by atoms with Crippen LogP contribution in [0.25, 0.3) is 0 Å². The van der Waals surface area contributed by atoms with E-state index >= 15 is 0 Å². The molecule has 0 bridgehead atoms. The molecule has 0 atom stereocenters. The third-order valence-electron chi connectivity index (χ3n) is 8.40. The van der Waals surface area contributed by atoms with E-state index in [1.165, 1.54) is 63.4 Å². The van der Waals surface area contributed by atoms with Crippen LogP contribution in [0.4, 0.5) is 13.2 Å². The van der Waals surface area contributed by atoms with Crippen molar-refractivity contribution >= 4 is 0 Å². The van der Waals surface area contributed by atoms with E-state index < -0.39 is 17.5 Å². The molecule has 0 unspecified atom stereocenters. The number of hydrogen-bond donors (Lipinski definition) is 0. The minimum absolute atomic E-state index is 0.0370. The topological polar surface area (TPSA) is 33.0 Å². The monoisotopic (exact) mass is 483 g/mol. The third-order valence-corrected chi connectivity index (χ3v) is 8.40. The first-order chi connectivity index (χ1) is 16.9. The van der Waals surface area contributed by atoms with Gasteiger partial charge in [-0.15, -0.1) is 0 Å². The van der Waals surface area contributed by atoms with Gasteiger partial charge in [0.15, 0.2) is 0 Å². The lowest BCUT2D eigenvalue weighted by Gasteiger charge is -2.32. The summed E-state index contributed by atoms with van der Waals surface area (Å²) in [4.78, 5) is 0. The minimum atomic E-state index is -3.69. The lowest BCUT2D eigenvalue weighted by atomic mass is 9.74. The van der Waals surface area contributed by atoms with Crippen LogP contribution >= 0.6 is 0 Å². The predicted octanol–water partition coefficient (Wildman–Crippen LogP) is 9.10. The summed E-state index contributed by atoms with van der Waals surface area (Å²) in [7, 11) is 0. The standard InChI is InChI=1S/C30H36F3NO/c1-2-21-3-5-22(6-4-21)7-8-23-9-11-24(12-10-23)25-14-17-28(18-15-25)35-30(32,33)27-16-13-26(20-34)29(31)19-27/h13-19,21-24H,2-12H2,1H3. The number of alkyl halides is 2. The minimum Gasteiger partial charge on any atom is -0.429 e. The quantitative estimate of drug-likeness (QED) is 0.375. The Morgan fingerprint density at radius 3 is 1.97 bits per heavy atom. The molecule has 2 aliphatic carbocycles. The lowest BCUT2D eigenvalue weighted by Crippen LogP contribution is -2.22. The normalized spacial score (nSPS) is 25.1. The zero-order chi connectivity index (χ0) is 24.8. The van der Waals surface area contributed by atoms with E-state index in [4.69, 9.17) is 10.00 Å². The summed E-state index contributed by atoms with van der Waals surface area (Å²) in [6.07, 6.45) is 10.8. The first kappa shape index (κ1) is 25.6. The number of hydrogen-bond acceptors (Lipinski definition) is 2. The van der Waals surface area contributed by atoms with Gasteiger partial charge in [0.25, 0.3) is 0 Å². The van der Waals surface area contributed by atoms with Crippen LogP contribution in [0.5, 0.6) is 5.75 Å². The number of halogens is 3. The van der Waals surface area contributed by atoms with E-state index in [-0.39, 0.29) is 11.3 Å². The molecule has 0 saturated heterocycles. The second-order valence-corrected chi connectivity index (χ2v) is 10.6. The molecule has 2 fully saturated rings. The van der Waals surface area contributed by atoms with Crippen molar-refractivity contribution in [2.24, 2.45) is 17.8 Å². The maximum absolute atomic E-state index is 14.5. The Labute approximate surface area is 207 Å². The van der Waals surface area contributed by atoms with Gasteiger partial charge in [0.1, 0.15) is 17.6 Å². The zero-order valence-electron chi connectivity index (χ0n) is 20.6. The van der Waals surface area contributed by atoms with Gasteiger partial charge >= 0.3 is 6.11 Å². The Bertz CT molecular complexity index is 997. The highest BCUT2D eigenvalue weighted by Crippen LogP contribution is 2.41. The highest BCUT2D eigenvalue weighted by Gasteiger charge is 2.35. The van der Waals surface area contributed by atoms with Crippen LogP contribution in [0.1, 0.15) is 100 Å². The molecule has 5 heteroatoms. The molecule has 0 radical (unpaired) electrons. The Balaban J connectivity index is 1.25. The molecule has 2 saturated carbocycles. The summed E-state index contributed by atoms with van der Waals surface area (Å²) in [5.74, 6) is 2.24. The van der Waals surface area contributed by atoms with Crippen LogP contribution in [0.3, 0.4) is 0 Å². The summed E-state index contributed by atoms with van der Waals surface area (Å²) in [5.41, 5.74) is 0.277. The summed E-state index contributed by atoms with van der Waals surface area (Å²) in [6.45, 7) is 2.32. The van der Waals surface area contributed by atoms with Gasteiger partial charge < -0.3 is 4.74 Å². The van der Waals surface area contributed by atoms with Crippen molar-refractivity contribution in [3.63, 3.8) is 0 Å². The van der Waals surface area contributed by atoms with Crippen molar-refractivity contribution in [3.8, 4) is 11.8 Å². The maximum Gasteiger partial charge on any atom is 0.426 e. The van der Waals surface area contributed by atoms with E-state index in [0.717, 1.165) is 42.7 Å². The highest BCUT2D eigenvalue weighted by molar-refractivity contribution is 5.35. The summed E-state index contributed by atoms with van der Waals surface area (Å²) < 4.78 is 47.7. The molecule has 2 aromatic carbocycles. The van der Waals surface area contributed by atoms with E-state index in [1.807, 2.05) is 12.1 Å². The van der Waals surface area contributed by atoms with E-state index in [9.17, 15) is 13.2 Å². The van der Waals surface area contributed by atoms with Crippen molar-refractivity contribution in [3.05, 3.63) is 65.0 Å². The van der Waals surface area contributed by atoms with Gasteiger partial charge in [-0.3, -0.25) is 0 Å². The largest absolute Gasteiger partial charge is 0.429 e. The fourth-order valence-electron chi connectivity index (χ4n) is 5.99. The smallest absolute Gasteiger partial charge is 0.426 e. The summed E-state index contributed by atoms with van der Waals surface area (Å²) in [5, 5.41) is 8.78. The maximum atomic E-state index is 14.5. The molecule has 4 rings (SSSR count). The second-order valence-electron chi connectivity index (χ2n) is 10.6. The molecule has 0 aliphatic heterocycles. The molecule has 35 heavy (non-hydrogen) atoms. The highest BCUT2D eigenvalue weighted by atomic mass is 19.3. The molecular weight excluding hydrogens is 447 g/mol. The van der Waals surface area contributed by atoms with Crippen molar-refractivity contribution in [1.29, 1.82) is 5.26 Å². The first-order valence-corrected chi connectivity index (χ1v) is 13.2. The van der Waals surface area contributed by atoms with Crippen LogP contribution in [-0.2, 0) is 6.11 Å². The molecule has 0 spiro atoms. The lowest BCUT2D eigenvalue weighted by molar-refractivity contribution is -0.185. The van der Waals surface area contributed by atoms with E-state index in [2.05, 4.69) is 6.92 Å². The van der Waals surface area contributed by atoms with Gasteiger partial charge in [-0.2, -0.15) is 14.0 Å². The molecule has 2 nitrogen and oxygen atoms in total. The number of nitriles is 1. The fraction of sp³-hybridized carbons (Fsp3) is 0.567. The summed E-state index contributed by atoms with van der Waals surface area (Å²) in [6, 6.07) is 11.2. The molecule has 0 heterocycles. The molecule has 0 aromatic heterocycles. The zero-order valence-corrected chi connectivity index (χ0v) is 20.6. The molecular formula is C30H36F3NO. The Morgan fingerprint density at radius 1 is 0.857 bits per heavy atom. The molecule has 2 aromatic rings. The van der Waals surface area contributed by atoms with Crippen LogP contribution in [-0.4, -0.2) is 0 Å². The Morgan fingerprint density at radius 2 is 1.43 bits per heavy atom. The van der Waals surface area contributed by atoms with Gasteiger partial charge in [0.05, 0.1) is 11.1 Å². The van der Waals surface area contributed by atoms with Gasteiger partial charge in [-0.05, 0) is 85.3 Å². The van der Waals surface area contributed by atoms with Crippen molar-refractivity contribution in [2.45, 2.75) is 89.6 Å². The Hall–Kier alpha value is -2.48. The van der Waals surface area contributed by atoms with Crippen LogP contribution in [0.2, 0.25) is 0 Å². The predicted molar refractivity (Wildman–Crippen MR) is 132 cm³/mol. The number of benzene rings is 2. The average Bonchev–Trinajstić information content (AvgIpc) is 2.88. The molecule has 188 valence electrons. The van der Waals surface area contributed by atoms with Crippen molar-refractivity contribution in [2.75, 3.05) is 0 Å². The molecule has 0 amide bonds. The number of rotatable bonds is 8. The van der Waals surface area contributed by atoms with Crippen LogP contribution in [0, 0.1) is 34.9 Å². The van der Waals surface area contributed by atoms with Crippen LogP contribution < -0.4 is 4.74 Å². The Kier molecular flexibility index (Phi) is 8.42. The first-order valence-electron chi connectivity index (χ1n) is 13.2. The molecule has 0 N–H and O–H groups in total. The number of nitrogens with zero attached hydrogens (tertiary/aromatic N) is 1. The van der Waals surface area contributed by atoms with E-state index in [1.54, 1.807) is 18.2 Å². The fourth-order valence-corrected chi connectivity index (χ4v) is 5.99. The number of ether oxygens (including phenoxy) is 1. The SMILES string of the molecule is CCC1CCC(CCC2CCC(c3ccc(OC(F)(F)c4ccc(C#N)c(F)c4)cc3)CC2)CC1. The van der Waals surface area contributed by atoms with Gasteiger partial charge in [-0.1, -0.05) is 64.0 Å². The van der Waals surface area contributed by atoms with Gasteiger partial charge in [0, 0.05) is 0 Å². The van der Waals surface area contributed by atoms with Crippen LogP contribution in [0.15, 0.2) is 42.5 Å². The van der Waals surface area contributed by atoms with Gasteiger partial charge in [-0.25, -0.2) is 4.39 Å². The van der Waals surface area contributed by atoms with Crippen molar-refractivity contribution < 1.29 is 17.9 Å². The summed E-state index contributed by atoms with van der Waals surface area (Å²) >= 11 is 0. The van der Waals surface area contributed by atoms with E-state index in [0.29, 0.717) is 12.0 Å². The van der Waals surface area contributed by atoms with Gasteiger partial charge in [0.2, 0.25) is 0 Å². The molecule has 2 aliphatic rings.